The minimum atomic E-state index is -1.24. The number of aromatic amines is 1. The van der Waals surface area contributed by atoms with Gasteiger partial charge in [0.05, 0.1) is 17.6 Å². The zero-order chi connectivity index (χ0) is 24.0. The van der Waals surface area contributed by atoms with E-state index in [0.717, 1.165) is 23.2 Å². The van der Waals surface area contributed by atoms with E-state index < -0.39 is 28.8 Å². The number of pyridine rings is 2. The first kappa shape index (κ1) is 21.8. The van der Waals surface area contributed by atoms with Gasteiger partial charge in [-0.05, 0) is 24.3 Å². The van der Waals surface area contributed by atoms with Crippen LogP contribution >= 0.6 is 0 Å². The Morgan fingerprint density at radius 2 is 1.91 bits per heavy atom. The molecule has 3 N–H and O–H groups in total. The number of rotatable bonds is 5. The summed E-state index contributed by atoms with van der Waals surface area (Å²) in [5.41, 5.74) is 7.94. The minimum absolute atomic E-state index is 0.166. The van der Waals surface area contributed by atoms with Crippen LogP contribution in [-0.2, 0) is 11.4 Å². The standard InChI is InChI=1S/C24H17F2N5O2S/c1-34(33)31-6-5-13-7-14(11-30-24(13)31)15-8-17-19(12-29-23(17)28-10-15)22(32)18(9-27)16-3-2-4-20(25)21(16)26/h2-12H,27H2,1H3,(H,28,29). The van der Waals surface area contributed by atoms with E-state index >= 15 is 0 Å². The Balaban J connectivity index is 1.58. The lowest BCUT2D eigenvalue weighted by Gasteiger charge is -2.08. The molecule has 1 unspecified atom stereocenters. The zero-order valence-electron chi connectivity index (χ0n) is 17.8. The number of halogens is 2. The summed E-state index contributed by atoms with van der Waals surface area (Å²) >= 11 is -1.24. The van der Waals surface area contributed by atoms with Crippen molar-refractivity contribution in [2.75, 3.05) is 6.26 Å². The van der Waals surface area contributed by atoms with Crippen molar-refractivity contribution >= 4 is 44.8 Å². The molecule has 1 atom stereocenters. The number of nitrogens with one attached hydrogen (secondary N) is 1. The van der Waals surface area contributed by atoms with Crippen LogP contribution in [0, 0.1) is 11.6 Å². The summed E-state index contributed by atoms with van der Waals surface area (Å²) in [5, 5.41) is 1.29. The molecule has 0 aliphatic heterocycles. The molecule has 10 heteroatoms. The van der Waals surface area contributed by atoms with Crippen LogP contribution in [-0.4, -0.2) is 35.5 Å². The molecule has 1 aromatic carbocycles. The summed E-state index contributed by atoms with van der Waals surface area (Å²) in [6, 6.07) is 9.04. The van der Waals surface area contributed by atoms with E-state index in [9.17, 15) is 18.1 Å². The van der Waals surface area contributed by atoms with Gasteiger partial charge in [-0.1, -0.05) is 12.1 Å². The van der Waals surface area contributed by atoms with Gasteiger partial charge in [0, 0.05) is 63.4 Å². The fourth-order valence-electron chi connectivity index (χ4n) is 3.86. The summed E-state index contributed by atoms with van der Waals surface area (Å²) in [7, 11) is 0. The lowest BCUT2D eigenvalue weighted by Crippen LogP contribution is -2.08. The molecular weight excluding hydrogens is 460 g/mol. The van der Waals surface area contributed by atoms with Gasteiger partial charge in [0.25, 0.3) is 0 Å². The Hall–Kier alpha value is -4.02. The average molecular weight is 477 g/mol. The first-order valence-corrected chi connectivity index (χ1v) is 11.6. The van der Waals surface area contributed by atoms with Gasteiger partial charge in [-0.15, -0.1) is 0 Å². The minimum Gasteiger partial charge on any atom is -0.593 e. The molecule has 0 spiro atoms. The molecule has 5 rings (SSSR count). The monoisotopic (exact) mass is 477 g/mol. The van der Waals surface area contributed by atoms with Crippen molar-refractivity contribution < 1.29 is 18.1 Å². The van der Waals surface area contributed by atoms with Crippen molar-refractivity contribution in [1.82, 2.24) is 18.9 Å². The smallest absolute Gasteiger partial charge is 0.197 e. The highest BCUT2D eigenvalue weighted by atomic mass is 32.2. The van der Waals surface area contributed by atoms with Crippen molar-refractivity contribution in [2.45, 2.75) is 0 Å². The highest BCUT2D eigenvalue weighted by molar-refractivity contribution is 7.89. The highest BCUT2D eigenvalue weighted by Crippen LogP contribution is 2.30. The maximum atomic E-state index is 14.3. The molecule has 0 bridgehead atoms. The number of H-pyrrole nitrogens is 1. The van der Waals surface area contributed by atoms with E-state index in [1.54, 1.807) is 34.9 Å². The summed E-state index contributed by atoms with van der Waals surface area (Å²) in [6.45, 7) is 0. The van der Waals surface area contributed by atoms with Crippen molar-refractivity contribution in [1.29, 1.82) is 0 Å². The number of hydrogen-bond donors (Lipinski definition) is 2. The van der Waals surface area contributed by atoms with E-state index in [1.807, 2.05) is 12.1 Å². The predicted molar refractivity (Wildman–Crippen MR) is 127 cm³/mol. The van der Waals surface area contributed by atoms with Gasteiger partial charge < -0.3 is 15.3 Å². The van der Waals surface area contributed by atoms with Crippen molar-refractivity contribution in [3.8, 4) is 11.1 Å². The van der Waals surface area contributed by atoms with Gasteiger partial charge in [0.2, 0.25) is 0 Å². The van der Waals surface area contributed by atoms with Crippen molar-refractivity contribution in [2.24, 2.45) is 5.73 Å². The molecular formula is C24H17F2N5O2S. The van der Waals surface area contributed by atoms with E-state index in [4.69, 9.17) is 5.73 Å². The number of benzene rings is 1. The molecule has 4 heterocycles. The quantitative estimate of drug-likeness (QED) is 0.224. The first-order chi connectivity index (χ1) is 16.4. The van der Waals surface area contributed by atoms with Crippen LogP contribution in [0.2, 0.25) is 0 Å². The Bertz CT molecular complexity index is 1610. The maximum Gasteiger partial charge on any atom is 0.197 e. The molecule has 0 fully saturated rings. The van der Waals surface area contributed by atoms with E-state index in [2.05, 4.69) is 15.0 Å². The third-order valence-corrected chi connectivity index (χ3v) is 6.38. The maximum absolute atomic E-state index is 14.3. The number of Topliss-reactive ketones (excluding diaryl/α,β-unsaturated/α-hetero) is 1. The van der Waals surface area contributed by atoms with Gasteiger partial charge in [-0.2, -0.15) is 3.97 Å². The molecule has 7 nitrogen and oxygen atoms in total. The molecule has 34 heavy (non-hydrogen) atoms. The number of ketones is 1. The number of fused-ring (bicyclic) bond motifs is 2. The molecule has 0 saturated heterocycles. The normalized spacial score (nSPS) is 13.0. The third kappa shape index (κ3) is 3.53. The molecule has 0 saturated carbocycles. The second-order valence-electron chi connectivity index (χ2n) is 7.54. The number of aromatic nitrogens is 4. The number of carbonyl (C=O) groups excluding carboxylic acids is 1. The summed E-state index contributed by atoms with van der Waals surface area (Å²) in [6.07, 6.45) is 8.97. The van der Waals surface area contributed by atoms with Crippen LogP contribution in [0.1, 0.15) is 15.9 Å². The second-order valence-corrected chi connectivity index (χ2v) is 8.78. The largest absolute Gasteiger partial charge is 0.593 e. The summed E-state index contributed by atoms with van der Waals surface area (Å²) in [4.78, 5) is 25.0. The number of carbonyl (C=O) groups is 1. The second kappa shape index (κ2) is 8.40. The Morgan fingerprint density at radius 1 is 1.15 bits per heavy atom. The average Bonchev–Trinajstić information content (AvgIpc) is 3.45. The van der Waals surface area contributed by atoms with Crippen LogP contribution in [0.25, 0.3) is 38.8 Å². The lowest BCUT2D eigenvalue weighted by molar-refractivity contribution is 0.105. The summed E-state index contributed by atoms with van der Waals surface area (Å²) < 4.78 is 41.5. The molecule has 170 valence electrons. The van der Waals surface area contributed by atoms with Crippen molar-refractivity contribution in [3.63, 3.8) is 0 Å². The van der Waals surface area contributed by atoms with Crippen LogP contribution in [0.15, 0.2) is 67.4 Å². The van der Waals surface area contributed by atoms with Gasteiger partial charge in [0.15, 0.2) is 23.1 Å². The molecule has 4 aromatic heterocycles. The van der Waals surface area contributed by atoms with Gasteiger partial charge >= 0.3 is 0 Å². The predicted octanol–water partition coefficient (Wildman–Crippen LogP) is 4.18. The van der Waals surface area contributed by atoms with Gasteiger partial charge in [-0.3, -0.25) is 4.79 Å². The number of hydrogen-bond acceptors (Lipinski definition) is 5. The summed E-state index contributed by atoms with van der Waals surface area (Å²) in [5.74, 6) is -2.80. The Morgan fingerprint density at radius 3 is 2.68 bits per heavy atom. The molecule has 0 aliphatic carbocycles. The SMILES string of the molecule is C[S+]([O-])n1ccc2cc(-c3cnc4[nH]cc(C(=O)C(=CN)c5cccc(F)c5F)c4c3)cnc21. The Kier molecular flexibility index (Phi) is 5.39. The van der Waals surface area contributed by atoms with Crippen LogP contribution in [0.4, 0.5) is 8.78 Å². The first-order valence-electron chi connectivity index (χ1n) is 10.1. The third-order valence-electron chi connectivity index (χ3n) is 5.53. The molecule has 0 aliphatic rings. The molecule has 0 radical (unpaired) electrons. The lowest BCUT2D eigenvalue weighted by atomic mass is 9.96. The number of nitrogens with two attached hydrogens (primary N) is 1. The van der Waals surface area contributed by atoms with E-state index in [1.165, 1.54) is 18.3 Å². The Labute approximate surface area is 195 Å². The zero-order valence-corrected chi connectivity index (χ0v) is 18.6. The fraction of sp³-hybridized carbons (Fsp3) is 0.0417. The number of nitrogens with zero attached hydrogens (tertiary/aromatic N) is 3. The van der Waals surface area contributed by atoms with Crippen LogP contribution in [0.5, 0.6) is 0 Å². The van der Waals surface area contributed by atoms with E-state index in [0.29, 0.717) is 22.2 Å². The highest BCUT2D eigenvalue weighted by Gasteiger charge is 2.22. The van der Waals surface area contributed by atoms with Gasteiger partial charge in [0.1, 0.15) is 11.9 Å². The van der Waals surface area contributed by atoms with Crippen LogP contribution in [0.3, 0.4) is 0 Å². The fourth-order valence-corrected chi connectivity index (χ4v) is 4.49. The molecule has 5 aromatic rings. The topological polar surface area (TPSA) is 113 Å². The van der Waals surface area contributed by atoms with Crippen LogP contribution < -0.4 is 5.73 Å². The number of allylic oxidation sites excluding steroid dienone is 1. The molecule has 0 amide bonds. The van der Waals surface area contributed by atoms with E-state index in [-0.39, 0.29) is 16.7 Å². The van der Waals surface area contributed by atoms with Crippen molar-refractivity contribution in [3.05, 3.63) is 90.1 Å². The van der Waals surface area contributed by atoms with Gasteiger partial charge in [-0.25, -0.2) is 18.7 Å².